The summed E-state index contributed by atoms with van der Waals surface area (Å²) >= 11 is 0. The van der Waals surface area contributed by atoms with Gasteiger partial charge in [-0.1, -0.05) is 18.2 Å². The van der Waals surface area contributed by atoms with Crippen molar-refractivity contribution < 1.29 is 31.1 Å². The summed E-state index contributed by atoms with van der Waals surface area (Å²) in [4.78, 5) is 16.6. The fourth-order valence-corrected chi connectivity index (χ4v) is 3.06. The topological polar surface area (TPSA) is 41.5 Å². The van der Waals surface area contributed by atoms with Crippen molar-refractivity contribution in [1.82, 2.24) is 5.32 Å². The second-order valence-corrected chi connectivity index (χ2v) is 6.66. The van der Waals surface area contributed by atoms with E-state index in [1.165, 1.54) is 0 Å². The first kappa shape index (κ1) is 23.7. The van der Waals surface area contributed by atoms with Crippen LogP contribution in [0.4, 0.5) is 26.3 Å². The number of ketones is 1. The summed E-state index contributed by atoms with van der Waals surface area (Å²) < 4.78 is 77.7. The van der Waals surface area contributed by atoms with Crippen LogP contribution in [0.15, 0.2) is 47.5 Å². The summed E-state index contributed by atoms with van der Waals surface area (Å²) in [5.74, 6) is 0.197. The summed E-state index contributed by atoms with van der Waals surface area (Å²) in [5.41, 5.74) is -1.81. The molecule has 0 radical (unpaired) electrons. The van der Waals surface area contributed by atoms with Crippen LogP contribution in [0.25, 0.3) is 0 Å². The summed E-state index contributed by atoms with van der Waals surface area (Å²) in [7, 11) is 0. The highest BCUT2D eigenvalue weighted by Gasteiger charge is 2.37. The number of nitrogens with zero attached hydrogens (tertiary/aromatic N) is 1. The van der Waals surface area contributed by atoms with Gasteiger partial charge in [-0.05, 0) is 35.4 Å². The molecule has 0 fully saturated rings. The van der Waals surface area contributed by atoms with Crippen LogP contribution in [-0.2, 0) is 30.0 Å². The number of hydrogen-bond donors (Lipinski definition) is 1. The van der Waals surface area contributed by atoms with Gasteiger partial charge in [0, 0.05) is 24.9 Å². The van der Waals surface area contributed by atoms with E-state index in [0.717, 1.165) is 5.56 Å². The lowest BCUT2D eigenvalue weighted by Crippen LogP contribution is -2.19. The Kier molecular flexibility index (Phi) is 7.18. The molecule has 0 unspecified atom stereocenters. The summed E-state index contributed by atoms with van der Waals surface area (Å²) in [6.45, 7) is 1.34. The molecular formula is C20H17ClF6N2O. The highest BCUT2D eigenvalue weighted by atomic mass is 35.5. The fraction of sp³-hybridized carbons (Fsp3) is 0.300. The number of amidine groups is 1. The Balaban J connectivity index is 0.00000320. The molecule has 0 aliphatic carbocycles. The second kappa shape index (κ2) is 9.07. The van der Waals surface area contributed by atoms with E-state index in [9.17, 15) is 31.1 Å². The number of rotatable bonds is 5. The molecule has 0 spiro atoms. The van der Waals surface area contributed by atoms with Gasteiger partial charge in [0.05, 0.1) is 17.7 Å². The predicted octanol–water partition coefficient (Wildman–Crippen LogP) is 4.85. The standard InChI is InChI=1S/C20H16F6N2O.ClH/c21-19(22,23)15-7-13(8-16(11-15)20(24,25)26)10-17(29)9-12-2-1-3-14(6-12)18-27-4-5-28-18;/h1-3,6-8,11H,4-5,9-10H2,(H,27,28);1H. The lowest BCUT2D eigenvalue weighted by Gasteiger charge is -2.14. The Labute approximate surface area is 174 Å². The number of Topliss-reactive ketones (excluding diaryl/α,β-unsaturated/α-hetero) is 1. The molecule has 0 amide bonds. The van der Waals surface area contributed by atoms with E-state index in [2.05, 4.69) is 10.3 Å². The first-order valence-electron chi connectivity index (χ1n) is 8.70. The predicted molar refractivity (Wildman–Crippen MR) is 102 cm³/mol. The largest absolute Gasteiger partial charge is 0.416 e. The normalized spacial score (nSPS) is 14.0. The highest BCUT2D eigenvalue weighted by molar-refractivity contribution is 6.00. The van der Waals surface area contributed by atoms with Gasteiger partial charge in [-0.25, -0.2) is 0 Å². The van der Waals surface area contributed by atoms with Crippen molar-refractivity contribution in [3.05, 3.63) is 70.3 Å². The Morgan fingerprint density at radius 3 is 2.03 bits per heavy atom. The van der Waals surface area contributed by atoms with Crippen LogP contribution >= 0.6 is 12.4 Å². The smallest absolute Gasteiger partial charge is 0.368 e. The van der Waals surface area contributed by atoms with E-state index in [1.54, 1.807) is 24.3 Å². The molecule has 10 heteroatoms. The van der Waals surface area contributed by atoms with Crippen molar-refractivity contribution >= 4 is 24.0 Å². The maximum Gasteiger partial charge on any atom is 0.416 e. The molecular weight excluding hydrogens is 434 g/mol. The van der Waals surface area contributed by atoms with Gasteiger partial charge in [0.2, 0.25) is 0 Å². The van der Waals surface area contributed by atoms with Crippen molar-refractivity contribution in [3.8, 4) is 0 Å². The zero-order valence-corrected chi connectivity index (χ0v) is 16.2. The molecule has 0 saturated heterocycles. The number of nitrogens with one attached hydrogen (secondary N) is 1. The number of alkyl halides is 6. The zero-order valence-electron chi connectivity index (χ0n) is 15.4. The van der Waals surface area contributed by atoms with Gasteiger partial charge in [-0.15, -0.1) is 12.4 Å². The van der Waals surface area contributed by atoms with E-state index in [0.29, 0.717) is 36.6 Å². The summed E-state index contributed by atoms with van der Waals surface area (Å²) in [6, 6.07) is 8.13. The van der Waals surface area contributed by atoms with Crippen molar-refractivity contribution in [2.24, 2.45) is 4.99 Å². The monoisotopic (exact) mass is 450 g/mol. The van der Waals surface area contributed by atoms with E-state index < -0.39 is 35.7 Å². The van der Waals surface area contributed by atoms with Crippen LogP contribution in [0.5, 0.6) is 0 Å². The minimum absolute atomic E-state index is 0. The number of hydrogen-bond acceptors (Lipinski definition) is 3. The van der Waals surface area contributed by atoms with Crippen LogP contribution < -0.4 is 5.32 Å². The van der Waals surface area contributed by atoms with E-state index >= 15 is 0 Å². The number of carbonyl (C=O) groups is 1. The molecule has 3 nitrogen and oxygen atoms in total. The number of halogens is 7. The average Bonchev–Trinajstić information content (AvgIpc) is 3.15. The third kappa shape index (κ3) is 5.98. The fourth-order valence-electron chi connectivity index (χ4n) is 3.06. The lowest BCUT2D eigenvalue weighted by molar-refractivity contribution is -0.143. The Morgan fingerprint density at radius 2 is 1.50 bits per heavy atom. The number of carbonyl (C=O) groups excluding carboxylic acids is 1. The SMILES string of the molecule is Cl.O=C(Cc1cccc(C2=NCCN2)c1)Cc1cc(C(F)(F)F)cc(C(F)(F)F)c1. The molecule has 1 N–H and O–H groups in total. The maximum absolute atomic E-state index is 12.9. The molecule has 1 aliphatic heterocycles. The molecule has 2 aromatic carbocycles. The lowest BCUT2D eigenvalue weighted by atomic mass is 9.98. The molecule has 0 bridgehead atoms. The van der Waals surface area contributed by atoms with Gasteiger partial charge in [-0.3, -0.25) is 9.79 Å². The van der Waals surface area contributed by atoms with Crippen LogP contribution in [0, 0.1) is 0 Å². The first-order valence-corrected chi connectivity index (χ1v) is 8.70. The van der Waals surface area contributed by atoms with Crippen LogP contribution in [0.1, 0.15) is 27.8 Å². The van der Waals surface area contributed by atoms with Crippen LogP contribution in [0.2, 0.25) is 0 Å². The van der Waals surface area contributed by atoms with Gasteiger partial charge < -0.3 is 5.32 Å². The first-order chi connectivity index (χ1) is 13.5. The average molecular weight is 451 g/mol. The van der Waals surface area contributed by atoms with Gasteiger partial charge in [0.1, 0.15) is 11.6 Å². The van der Waals surface area contributed by atoms with Crippen molar-refractivity contribution in [3.63, 3.8) is 0 Å². The van der Waals surface area contributed by atoms with Gasteiger partial charge in [0.25, 0.3) is 0 Å². The zero-order chi connectivity index (χ0) is 21.2. The van der Waals surface area contributed by atoms with Crippen molar-refractivity contribution in [1.29, 1.82) is 0 Å². The molecule has 0 saturated carbocycles. The van der Waals surface area contributed by atoms with E-state index in [4.69, 9.17) is 0 Å². The summed E-state index contributed by atoms with van der Waals surface area (Å²) in [5, 5.41) is 3.09. The van der Waals surface area contributed by atoms with Crippen molar-refractivity contribution in [2.75, 3.05) is 13.1 Å². The van der Waals surface area contributed by atoms with E-state index in [1.807, 2.05) is 0 Å². The summed E-state index contributed by atoms with van der Waals surface area (Å²) in [6.07, 6.45) is -10.5. The molecule has 0 aromatic heterocycles. The molecule has 30 heavy (non-hydrogen) atoms. The Morgan fingerprint density at radius 1 is 0.900 bits per heavy atom. The Hall–Kier alpha value is -2.55. The minimum Gasteiger partial charge on any atom is -0.368 e. The third-order valence-electron chi connectivity index (χ3n) is 4.32. The van der Waals surface area contributed by atoms with Gasteiger partial charge in [0.15, 0.2) is 0 Å². The number of benzene rings is 2. The molecule has 0 atom stereocenters. The Bertz CT molecular complexity index is 921. The molecule has 1 heterocycles. The van der Waals surface area contributed by atoms with Crippen molar-refractivity contribution in [2.45, 2.75) is 25.2 Å². The molecule has 1 aliphatic rings. The number of aliphatic imine (C=N–C) groups is 1. The third-order valence-corrected chi connectivity index (χ3v) is 4.32. The van der Waals surface area contributed by atoms with Crippen LogP contribution in [0.3, 0.4) is 0 Å². The minimum atomic E-state index is -4.94. The maximum atomic E-state index is 12.9. The molecule has 162 valence electrons. The van der Waals surface area contributed by atoms with E-state index in [-0.39, 0.29) is 30.5 Å². The van der Waals surface area contributed by atoms with Crippen LogP contribution in [-0.4, -0.2) is 24.7 Å². The van der Waals surface area contributed by atoms with Gasteiger partial charge in [-0.2, -0.15) is 26.3 Å². The van der Waals surface area contributed by atoms with Gasteiger partial charge >= 0.3 is 12.4 Å². The molecule has 2 aromatic rings. The highest BCUT2D eigenvalue weighted by Crippen LogP contribution is 2.36. The quantitative estimate of drug-likeness (QED) is 0.662. The second-order valence-electron chi connectivity index (χ2n) is 6.66. The molecule has 3 rings (SSSR count).